The van der Waals surface area contributed by atoms with Crippen molar-refractivity contribution >= 4 is 11.7 Å². The third-order valence-electron chi connectivity index (χ3n) is 3.36. The average molecular weight is 257 g/mol. The Morgan fingerprint density at radius 1 is 1.16 bits per heavy atom. The fourth-order valence-corrected chi connectivity index (χ4v) is 2.40. The van der Waals surface area contributed by atoms with E-state index in [4.69, 9.17) is 4.42 Å². The lowest BCUT2D eigenvalue weighted by Crippen LogP contribution is -2.00. The Bertz CT molecular complexity index is 672. The van der Waals surface area contributed by atoms with E-state index in [9.17, 15) is 14.9 Å². The van der Waals surface area contributed by atoms with Crippen molar-refractivity contribution in [1.29, 1.82) is 0 Å². The number of benzene rings is 1. The minimum absolute atomic E-state index is 0.00430. The molecule has 0 fully saturated rings. The molecule has 0 unspecified atom stereocenters. The molecule has 0 N–H and O–H groups in total. The molecule has 0 amide bonds. The monoisotopic (exact) mass is 257 g/mol. The van der Waals surface area contributed by atoms with Crippen LogP contribution in [0.25, 0.3) is 0 Å². The molecule has 0 radical (unpaired) electrons. The highest BCUT2D eigenvalue weighted by Gasteiger charge is 2.20. The number of furan rings is 1. The highest BCUT2D eigenvalue weighted by atomic mass is 16.6. The summed E-state index contributed by atoms with van der Waals surface area (Å²) in [6, 6.07) is 8.10. The summed E-state index contributed by atoms with van der Waals surface area (Å²) < 4.78 is 4.93. The van der Waals surface area contributed by atoms with Crippen LogP contribution >= 0.6 is 0 Å². The van der Waals surface area contributed by atoms with E-state index in [0.29, 0.717) is 5.56 Å². The standard InChI is InChI=1S/C14H11NO4/c16-14(12-6-7-13(19-12)15(17)18)11-5-4-9-2-1-3-10(9)8-11/h4-8H,1-3H2. The molecule has 0 aliphatic heterocycles. The number of aryl methyl sites for hydroxylation is 2. The fourth-order valence-electron chi connectivity index (χ4n) is 2.40. The summed E-state index contributed by atoms with van der Waals surface area (Å²) in [6.45, 7) is 0. The van der Waals surface area contributed by atoms with E-state index in [2.05, 4.69) is 0 Å². The summed E-state index contributed by atoms with van der Waals surface area (Å²) in [5.41, 5.74) is 2.98. The predicted molar refractivity (Wildman–Crippen MR) is 67.3 cm³/mol. The number of nitro groups is 1. The zero-order valence-corrected chi connectivity index (χ0v) is 10.1. The number of ketones is 1. The first-order valence-corrected chi connectivity index (χ1v) is 6.06. The highest BCUT2D eigenvalue weighted by Crippen LogP contribution is 2.25. The molecule has 1 aromatic carbocycles. The summed E-state index contributed by atoms with van der Waals surface area (Å²) in [6.07, 6.45) is 3.14. The van der Waals surface area contributed by atoms with Gasteiger partial charge in [-0.1, -0.05) is 12.1 Å². The molecule has 1 aromatic heterocycles. The Balaban J connectivity index is 1.92. The lowest BCUT2D eigenvalue weighted by Gasteiger charge is -2.02. The molecule has 0 saturated carbocycles. The van der Waals surface area contributed by atoms with Crippen LogP contribution in [0.5, 0.6) is 0 Å². The van der Waals surface area contributed by atoms with Crippen LogP contribution < -0.4 is 0 Å². The molecule has 5 nitrogen and oxygen atoms in total. The first-order valence-electron chi connectivity index (χ1n) is 6.06. The van der Waals surface area contributed by atoms with Crippen LogP contribution in [0.2, 0.25) is 0 Å². The van der Waals surface area contributed by atoms with Gasteiger partial charge < -0.3 is 4.42 Å². The Hall–Kier alpha value is -2.43. The number of rotatable bonds is 3. The van der Waals surface area contributed by atoms with Crippen LogP contribution in [-0.4, -0.2) is 10.7 Å². The Morgan fingerprint density at radius 3 is 2.68 bits per heavy atom. The Labute approximate surface area is 109 Å². The zero-order chi connectivity index (χ0) is 13.4. The molecule has 19 heavy (non-hydrogen) atoms. The van der Waals surface area contributed by atoms with Gasteiger partial charge >= 0.3 is 5.88 Å². The van der Waals surface area contributed by atoms with E-state index < -0.39 is 10.8 Å². The van der Waals surface area contributed by atoms with Gasteiger partial charge in [0.1, 0.15) is 4.92 Å². The van der Waals surface area contributed by atoms with Gasteiger partial charge in [-0.05, 0) is 42.5 Å². The second-order valence-electron chi connectivity index (χ2n) is 4.56. The SMILES string of the molecule is O=C(c1ccc2c(c1)CCC2)c1ccc([N+](=O)[O-])o1. The van der Waals surface area contributed by atoms with Crippen molar-refractivity contribution < 1.29 is 14.1 Å². The summed E-state index contributed by atoms with van der Waals surface area (Å²) in [4.78, 5) is 22.0. The van der Waals surface area contributed by atoms with Crippen molar-refractivity contribution in [3.63, 3.8) is 0 Å². The topological polar surface area (TPSA) is 73.3 Å². The predicted octanol–water partition coefficient (Wildman–Crippen LogP) is 2.91. The van der Waals surface area contributed by atoms with E-state index in [-0.39, 0.29) is 11.5 Å². The maximum absolute atomic E-state index is 12.2. The second kappa shape index (κ2) is 4.35. The average Bonchev–Trinajstić information content (AvgIpc) is 3.06. The van der Waals surface area contributed by atoms with E-state index in [1.807, 2.05) is 12.1 Å². The molecular formula is C14H11NO4. The molecule has 1 aliphatic carbocycles. The third-order valence-corrected chi connectivity index (χ3v) is 3.36. The molecule has 1 aliphatic rings. The van der Waals surface area contributed by atoms with Gasteiger partial charge in [-0.25, -0.2) is 0 Å². The summed E-state index contributed by atoms with van der Waals surface area (Å²) in [5.74, 6) is -0.725. The van der Waals surface area contributed by atoms with Gasteiger partial charge in [-0.3, -0.25) is 14.9 Å². The minimum atomic E-state index is -0.653. The Morgan fingerprint density at radius 2 is 1.95 bits per heavy atom. The summed E-state index contributed by atoms with van der Waals surface area (Å²) in [5, 5.41) is 10.5. The molecule has 0 saturated heterocycles. The van der Waals surface area contributed by atoms with E-state index in [1.54, 1.807) is 6.07 Å². The van der Waals surface area contributed by atoms with Crippen LogP contribution in [-0.2, 0) is 12.8 Å². The molecule has 96 valence electrons. The summed E-state index contributed by atoms with van der Waals surface area (Å²) >= 11 is 0. The number of carbonyl (C=O) groups excluding carboxylic acids is 1. The third kappa shape index (κ3) is 2.03. The van der Waals surface area contributed by atoms with Crippen LogP contribution in [0.4, 0.5) is 5.88 Å². The van der Waals surface area contributed by atoms with Crippen LogP contribution in [0.3, 0.4) is 0 Å². The maximum Gasteiger partial charge on any atom is 0.433 e. The normalized spacial score (nSPS) is 13.3. The molecule has 0 atom stereocenters. The van der Waals surface area contributed by atoms with E-state index in [1.165, 1.54) is 23.3 Å². The smallest absolute Gasteiger partial charge is 0.397 e. The first kappa shape index (κ1) is 11.6. The molecular weight excluding hydrogens is 246 g/mol. The van der Waals surface area contributed by atoms with E-state index in [0.717, 1.165) is 19.3 Å². The molecule has 0 spiro atoms. The van der Waals surface area contributed by atoms with Crippen LogP contribution in [0.15, 0.2) is 34.7 Å². The fraction of sp³-hybridized carbons (Fsp3) is 0.214. The number of hydrogen-bond acceptors (Lipinski definition) is 4. The molecule has 1 heterocycles. The maximum atomic E-state index is 12.2. The molecule has 2 aromatic rings. The lowest BCUT2D eigenvalue weighted by atomic mass is 10.0. The molecule has 5 heteroatoms. The molecule has 3 rings (SSSR count). The van der Waals surface area contributed by atoms with E-state index >= 15 is 0 Å². The number of nitrogens with zero attached hydrogens (tertiary/aromatic N) is 1. The first-order chi connectivity index (χ1) is 9.15. The summed E-state index contributed by atoms with van der Waals surface area (Å²) in [7, 11) is 0. The van der Waals surface area contributed by atoms with Gasteiger partial charge in [0.25, 0.3) is 0 Å². The Kier molecular flexibility index (Phi) is 2.67. The zero-order valence-electron chi connectivity index (χ0n) is 10.1. The van der Waals surface area contributed by atoms with Gasteiger partial charge in [-0.15, -0.1) is 0 Å². The highest BCUT2D eigenvalue weighted by molar-refractivity contribution is 6.07. The number of carbonyl (C=O) groups is 1. The van der Waals surface area contributed by atoms with Crippen molar-refractivity contribution in [2.45, 2.75) is 19.3 Å². The largest absolute Gasteiger partial charge is 0.433 e. The number of hydrogen-bond donors (Lipinski definition) is 0. The van der Waals surface area contributed by atoms with Crippen molar-refractivity contribution in [3.8, 4) is 0 Å². The minimum Gasteiger partial charge on any atom is -0.397 e. The van der Waals surface area contributed by atoms with Crippen molar-refractivity contribution in [2.75, 3.05) is 0 Å². The van der Waals surface area contributed by atoms with Gasteiger partial charge in [0, 0.05) is 5.56 Å². The van der Waals surface area contributed by atoms with Gasteiger partial charge in [-0.2, -0.15) is 0 Å². The van der Waals surface area contributed by atoms with Gasteiger partial charge in [0.15, 0.2) is 5.76 Å². The van der Waals surface area contributed by atoms with Gasteiger partial charge in [0.05, 0.1) is 6.07 Å². The van der Waals surface area contributed by atoms with Gasteiger partial charge in [0.2, 0.25) is 5.78 Å². The van der Waals surface area contributed by atoms with Crippen molar-refractivity contribution in [2.24, 2.45) is 0 Å². The van der Waals surface area contributed by atoms with Crippen molar-refractivity contribution in [1.82, 2.24) is 0 Å². The quantitative estimate of drug-likeness (QED) is 0.481. The number of fused-ring (bicyclic) bond motifs is 1. The molecule has 0 bridgehead atoms. The lowest BCUT2D eigenvalue weighted by molar-refractivity contribution is -0.402. The second-order valence-corrected chi connectivity index (χ2v) is 4.56. The van der Waals surface area contributed by atoms with Crippen molar-refractivity contribution in [3.05, 3.63) is 62.9 Å². The van der Waals surface area contributed by atoms with Crippen LogP contribution in [0, 0.1) is 10.1 Å². The van der Waals surface area contributed by atoms with Crippen LogP contribution in [0.1, 0.15) is 33.7 Å².